The number of hydrogen-bond donors (Lipinski definition) is 2. The third kappa shape index (κ3) is 3.02. The number of fused-ring (bicyclic) bond motifs is 2. The van der Waals surface area contributed by atoms with Crippen molar-refractivity contribution >= 4 is 5.96 Å². The summed E-state index contributed by atoms with van der Waals surface area (Å²) in [7, 11) is 1.79. The van der Waals surface area contributed by atoms with Crippen LogP contribution in [0.1, 0.15) is 37.7 Å². The van der Waals surface area contributed by atoms with E-state index in [4.69, 9.17) is 4.74 Å². The highest BCUT2D eigenvalue weighted by molar-refractivity contribution is 5.79. The number of nitrogens with zero attached hydrogens (tertiary/aromatic N) is 1. The van der Waals surface area contributed by atoms with Gasteiger partial charge in [-0.15, -0.1) is 0 Å². The molecule has 2 saturated heterocycles. The summed E-state index contributed by atoms with van der Waals surface area (Å²) in [5, 5.41) is 6.83. The fraction of sp³-hybridized carbons (Fsp3) is 0.632. The molecule has 1 aromatic carbocycles. The van der Waals surface area contributed by atoms with Crippen molar-refractivity contribution < 1.29 is 9.13 Å². The first-order chi connectivity index (χ1) is 11.7. The first-order valence-electron chi connectivity index (χ1n) is 9.05. The molecule has 130 valence electrons. The van der Waals surface area contributed by atoms with Crippen LogP contribution in [0.15, 0.2) is 29.3 Å². The van der Waals surface area contributed by atoms with Crippen LogP contribution in [0.4, 0.5) is 4.39 Å². The highest BCUT2D eigenvalue weighted by atomic mass is 19.1. The van der Waals surface area contributed by atoms with Gasteiger partial charge in [-0.1, -0.05) is 18.2 Å². The molecule has 3 fully saturated rings. The molecule has 5 heteroatoms. The molecule has 1 aliphatic carbocycles. The Morgan fingerprint density at radius 3 is 2.75 bits per heavy atom. The molecular weight excluding hydrogens is 305 g/mol. The molecule has 24 heavy (non-hydrogen) atoms. The predicted molar refractivity (Wildman–Crippen MR) is 92.7 cm³/mol. The minimum Gasteiger partial charge on any atom is -0.375 e. The number of benzene rings is 1. The van der Waals surface area contributed by atoms with Gasteiger partial charge in [0.15, 0.2) is 5.96 Å². The summed E-state index contributed by atoms with van der Waals surface area (Å²) in [6, 6.07) is 7.13. The summed E-state index contributed by atoms with van der Waals surface area (Å²) in [6.07, 6.45) is 6.53. The maximum absolute atomic E-state index is 14.1. The van der Waals surface area contributed by atoms with Gasteiger partial charge in [-0.25, -0.2) is 4.39 Å². The summed E-state index contributed by atoms with van der Waals surface area (Å²) in [5.41, 5.74) is 0.757. The first kappa shape index (κ1) is 15.9. The van der Waals surface area contributed by atoms with E-state index in [9.17, 15) is 4.39 Å². The van der Waals surface area contributed by atoms with Crippen LogP contribution >= 0.6 is 0 Å². The van der Waals surface area contributed by atoms with Crippen molar-refractivity contribution in [3.63, 3.8) is 0 Å². The van der Waals surface area contributed by atoms with E-state index in [0.29, 0.717) is 18.1 Å². The van der Waals surface area contributed by atoms with Crippen molar-refractivity contribution in [3.05, 3.63) is 35.6 Å². The molecular formula is C19H26FN3O. The van der Waals surface area contributed by atoms with Gasteiger partial charge in [-0.3, -0.25) is 4.99 Å². The molecule has 4 rings (SSSR count). The molecule has 1 saturated carbocycles. The van der Waals surface area contributed by atoms with E-state index >= 15 is 0 Å². The maximum atomic E-state index is 14.1. The second kappa shape index (κ2) is 6.36. The highest BCUT2D eigenvalue weighted by Gasteiger charge is 2.46. The Balaban J connectivity index is 1.30. The van der Waals surface area contributed by atoms with Gasteiger partial charge in [0.1, 0.15) is 5.82 Å². The van der Waals surface area contributed by atoms with Crippen LogP contribution in [0.2, 0.25) is 0 Å². The monoisotopic (exact) mass is 331 g/mol. The number of rotatable bonds is 5. The number of ether oxygens (including phenoxy) is 1. The fourth-order valence-electron chi connectivity index (χ4n) is 4.24. The van der Waals surface area contributed by atoms with Crippen LogP contribution in [-0.2, 0) is 10.2 Å². The lowest BCUT2D eigenvalue weighted by atomic mass is 9.89. The molecule has 0 amide bonds. The second-order valence-corrected chi connectivity index (χ2v) is 7.44. The zero-order chi connectivity index (χ0) is 16.6. The average Bonchev–Trinajstić information content (AvgIpc) is 3.08. The van der Waals surface area contributed by atoms with E-state index in [-0.39, 0.29) is 11.2 Å². The Hall–Kier alpha value is -1.62. The van der Waals surface area contributed by atoms with Gasteiger partial charge in [0.25, 0.3) is 0 Å². The molecule has 3 aliphatic rings. The van der Waals surface area contributed by atoms with Crippen LogP contribution < -0.4 is 10.6 Å². The van der Waals surface area contributed by atoms with Gasteiger partial charge < -0.3 is 15.4 Å². The second-order valence-electron chi connectivity index (χ2n) is 7.44. The summed E-state index contributed by atoms with van der Waals surface area (Å²) in [4.78, 5) is 4.32. The van der Waals surface area contributed by atoms with Crippen molar-refractivity contribution in [2.24, 2.45) is 10.9 Å². The van der Waals surface area contributed by atoms with Crippen molar-refractivity contribution in [1.82, 2.24) is 10.6 Å². The average molecular weight is 331 g/mol. The third-order valence-corrected chi connectivity index (χ3v) is 5.88. The van der Waals surface area contributed by atoms with Crippen molar-refractivity contribution in [2.45, 2.75) is 49.7 Å². The van der Waals surface area contributed by atoms with E-state index in [0.717, 1.165) is 43.9 Å². The Kier molecular flexibility index (Phi) is 4.21. The SMILES string of the molecule is CN=C(NCC1CC2CCC1O2)NCC1(c2ccccc2F)CC1. The quantitative estimate of drug-likeness (QED) is 0.644. The van der Waals surface area contributed by atoms with Gasteiger partial charge in [0.2, 0.25) is 0 Å². The molecule has 2 N–H and O–H groups in total. The Labute approximate surface area is 142 Å². The van der Waals surface area contributed by atoms with Crippen molar-refractivity contribution in [2.75, 3.05) is 20.1 Å². The van der Waals surface area contributed by atoms with Crippen LogP contribution in [0.25, 0.3) is 0 Å². The number of nitrogens with one attached hydrogen (secondary N) is 2. The van der Waals surface area contributed by atoms with Gasteiger partial charge in [0, 0.05) is 31.5 Å². The molecule has 3 atom stereocenters. The first-order valence-corrected chi connectivity index (χ1v) is 9.05. The van der Waals surface area contributed by atoms with E-state index in [1.807, 2.05) is 12.1 Å². The fourth-order valence-corrected chi connectivity index (χ4v) is 4.24. The molecule has 0 aromatic heterocycles. The molecule has 4 nitrogen and oxygen atoms in total. The van der Waals surface area contributed by atoms with Crippen LogP contribution in [0.3, 0.4) is 0 Å². The van der Waals surface area contributed by atoms with E-state index in [1.165, 1.54) is 12.8 Å². The molecule has 1 aromatic rings. The van der Waals surface area contributed by atoms with Crippen LogP contribution in [0, 0.1) is 11.7 Å². The Morgan fingerprint density at radius 1 is 1.29 bits per heavy atom. The maximum Gasteiger partial charge on any atom is 0.191 e. The molecule has 0 radical (unpaired) electrons. The Morgan fingerprint density at radius 2 is 2.12 bits per heavy atom. The molecule has 0 spiro atoms. The number of halogens is 1. The van der Waals surface area contributed by atoms with Crippen molar-refractivity contribution in [1.29, 1.82) is 0 Å². The Bertz CT molecular complexity index is 629. The number of aliphatic imine (C=N–C) groups is 1. The summed E-state index contributed by atoms with van der Waals surface area (Å²) in [5.74, 6) is 1.29. The van der Waals surface area contributed by atoms with Gasteiger partial charge in [-0.2, -0.15) is 0 Å². The predicted octanol–water partition coefficient (Wildman–Crippen LogP) is 2.59. The lowest BCUT2D eigenvalue weighted by Crippen LogP contribution is -2.44. The minimum absolute atomic E-state index is 0.0709. The smallest absolute Gasteiger partial charge is 0.191 e. The lowest BCUT2D eigenvalue weighted by molar-refractivity contribution is 0.0930. The zero-order valence-electron chi connectivity index (χ0n) is 14.2. The molecule has 2 heterocycles. The van der Waals surface area contributed by atoms with E-state index in [2.05, 4.69) is 15.6 Å². The van der Waals surface area contributed by atoms with Crippen LogP contribution in [0.5, 0.6) is 0 Å². The van der Waals surface area contributed by atoms with Crippen LogP contribution in [-0.4, -0.2) is 38.3 Å². The number of hydrogen-bond acceptors (Lipinski definition) is 2. The number of guanidine groups is 1. The van der Waals surface area contributed by atoms with E-state index < -0.39 is 0 Å². The summed E-state index contributed by atoms with van der Waals surface area (Å²) < 4.78 is 20.0. The molecule has 3 unspecified atom stereocenters. The normalized spacial score (nSPS) is 30.4. The third-order valence-electron chi connectivity index (χ3n) is 5.88. The van der Waals surface area contributed by atoms with E-state index in [1.54, 1.807) is 19.2 Å². The lowest BCUT2D eigenvalue weighted by Gasteiger charge is -2.22. The molecule has 2 aliphatic heterocycles. The van der Waals surface area contributed by atoms with Gasteiger partial charge in [0.05, 0.1) is 12.2 Å². The van der Waals surface area contributed by atoms with Crippen molar-refractivity contribution in [3.8, 4) is 0 Å². The summed E-state index contributed by atoms with van der Waals surface area (Å²) >= 11 is 0. The van der Waals surface area contributed by atoms with Gasteiger partial charge in [-0.05, 0) is 43.7 Å². The zero-order valence-corrected chi connectivity index (χ0v) is 14.2. The standard InChI is InChI=1S/C19H26FN3O/c1-21-18(22-11-13-10-14-6-7-17(13)24-14)23-12-19(8-9-19)15-4-2-3-5-16(15)20/h2-5,13-14,17H,6-12H2,1H3,(H2,21,22,23). The molecule has 2 bridgehead atoms. The topological polar surface area (TPSA) is 45.7 Å². The minimum atomic E-state index is -0.0983. The largest absolute Gasteiger partial charge is 0.375 e. The summed E-state index contributed by atoms with van der Waals surface area (Å²) in [6.45, 7) is 1.62. The highest BCUT2D eigenvalue weighted by Crippen LogP contribution is 2.48. The van der Waals surface area contributed by atoms with Gasteiger partial charge >= 0.3 is 0 Å².